The molecular weight excluding hydrogens is 642 g/mol. The molecule has 246 valence electrons. The number of halogens is 1. The number of likely N-dealkylation sites (tertiary alicyclic amines) is 1. The summed E-state index contributed by atoms with van der Waals surface area (Å²) in [5.74, 6) is -3.16. The van der Waals surface area contributed by atoms with Crippen LogP contribution in [0.1, 0.15) is 63.5 Å². The molecule has 45 heavy (non-hydrogen) atoms. The van der Waals surface area contributed by atoms with Crippen LogP contribution in [0.2, 0.25) is 0 Å². The van der Waals surface area contributed by atoms with Crippen LogP contribution in [0.4, 0.5) is 0 Å². The second kappa shape index (κ2) is 16.0. The molecule has 3 aliphatic rings. The first kappa shape index (κ1) is 34.8. The topological polar surface area (TPSA) is 125 Å². The van der Waals surface area contributed by atoms with Gasteiger partial charge in [-0.15, -0.1) is 13.2 Å². The summed E-state index contributed by atoms with van der Waals surface area (Å²) in [5.41, 5.74) is -0.501. The van der Waals surface area contributed by atoms with Gasteiger partial charge in [0.2, 0.25) is 17.7 Å². The third kappa shape index (κ3) is 7.36. The van der Waals surface area contributed by atoms with E-state index in [1.807, 2.05) is 37.3 Å². The first-order valence-corrected chi connectivity index (χ1v) is 16.9. The van der Waals surface area contributed by atoms with Gasteiger partial charge in [0.05, 0.1) is 24.5 Å². The number of hydrogen-bond donors (Lipinski definition) is 2. The molecule has 3 aliphatic heterocycles. The van der Waals surface area contributed by atoms with Crippen molar-refractivity contribution in [3.8, 4) is 0 Å². The summed E-state index contributed by atoms with van der Waals surface area (Å²) in [4.78, 5) is 58.1. The summed E-state index contributed by atoms with van der Waals surface area (Å²) in [6.45, 7) is 10.7. The minimum Gasteiger partial charge on any atom is -0.455 e. The lowest BCUT2D eigenvalue weighted by atomic mass is 9.70. The average Bonchev–Trinajstić information content (AvgIpc) is 3.63. The number of carbonyl (C=O) groups excluding carboxylic acids is 4. The number of nitrogens with zero attached hydrogens (tertiary/aromatic N) is 2. The summed E-state index contributed by atoms with van der Waals surface area (Å²) in [6.07, 6.45) is 5.74. The molecule has 2 N–H and O–H groups in total. The van der Waals surface area contributed by atoms with Crippen molar-refractivity contribution < 1.29 is 33.8 Å². The van der Waals surface area contributed by atoms with E-state index in [0.717, 1.165) is 12.8 Å². The SMILES string of the molecule is C=CCCC(=O)NC[C@H](OC(=O)[C@@H]1[C@H]2O[C@@]3(CC2Br)[C@H](C(=O)N(CC=C)CCCC)N(CCCCO)C(=O)[C@@H]13)c1ccccc1. The molecule has 2 bridgehead atoms. The summed E-state index contributed by atoms with van der Waals surface area (Å²) in [5, 5.41) is 12.3. The van der Waals surface area contributed by atoms with Crippen LogP contribution in [-0.2, 0) is 28.7 Å². The van der Waals surface area contributed by atoms with E-state index in [0.29, 0.717) is 44.3 Å². The van der Waals surface area contributed by atoms with Crippen LogP contribution in [0.15, 0.2) is 55.6 Å². The monoisotopic (exact) mass is 687 g/mol. The lowest BCUT2D eigenvalue weighted by Gasteiger charge is -2.37. The first-order valence-electron chi connectivity index (χ1n) is 16.0. The van der Waals surface area contributed by atoms with Crippen LogP contribution in [0.25, 0.3) is 0 Å². The van der Waals surface area contributed by atoms with Gasteiger partial charge in [0.1, 0.15) is 17.7 Å². The van der Waals surface area contributed by atoms with E-state index < -0.39 is 41.7 Å². The van der Waals surface area contributed by atoms with Gasteiger partial charge >= 0.3 is 5.97 Å². The van der Waals surface area contributed by atoms with E-state index in [-0.39, 0.29) is 48.7 Å². The van der Waals surface area contributed by atoms with Crippen molar-refractivity contribution in [2.24, 2.45) is 11.8 Å². The molecule has 0 radical (unpaired) electrons. The van der Waals surface area contributed by atoms with Crippen molar-refractivity contribution in [3.63, 3.8) is 0 Å². The maximum atomic E-state index is 14.3. The van der Waals surface area contributed by atoms with Gasteiger partial charge in [0, 0.05) is 37.5 Å². The Morgan fingerprint density at radius 1 is 1.22 bits per heavy atom. The fourth-order valence-electron chi connectivity index (χ4n) is 6.92. The van der Waals surface area contributed by atoms with Gasteiger partial charge in [-0.25, -0.2) is 0 Å². The number of amides is 3. The lowest BCUT2D eigenvalue weighted by molar-refractivity contribution is -0.160. The van der Waals surface area contributed by atoms with Crippen LogP contribution in [0.3, 0.4) is 0 Å². The molecule has 4 rings (SSSR count). The number of carbonyl (C=O) groups is 4. The molecule has 11 heteroatoms. The maximum absolute atomic E-state index is 14.3. The Labute approximate surface area is 274 Å². The highest BCUT2D eigenvalue weighted by molar-refractivity contribution is 9.09. The van der Waals surface area contributed by atoms with Gasteiger partial charge in [-0.1, -0.05) is 71.8 Å². The summed E-state index contributed by atoms with van der Waals surface area (Å²) in [6, 6.07) is 8.24. The number of unbranched alkanes of at least 4 members (excludes halogenated alkanes) is 2. The number of aliphatic hydroxyl groups is 1. The van der Waals surface area contributed by atoms with Gasteiger partial charge in [-0.2, -0.15) is 0 Å². The molecule has 1 aromatic carbocycles. The molecule has 3 saturated heterocycles. The first-order chi connectivity index (χ1) is 21.7. The minimum atomic E-state index is -1.21. The van der Waals surface area contributed by atoms with Gasteiger partial charge < -0.3 is 29.7 Å². The number of hydrogen-bond acceptors (Lipinski definition) is 7. The molecule has 1 spiro atoms. The summed E-state index contributed by atoms with van der Waals surface area (Å²) in [7, 11) is 0. The second-order valence-corrected chi connectivity index (χ2v) is 13.2. The molecule has 0 aliphatic carbocycles. The molecular formula is C34H46BrN3O7. The Hall–Kier alpha value is -3.02. The van der Waals surface area contributed by atoms with Crippen molar-refractivity contribution in [1.29, 1.82) is 0 Å². The predicted octanol–water partition coefficient (Wildman–Crippen LogP) is 3.69. The highest BCUT2D eigenvalue weighted by atomic mass is 79.9. The maximum Gasteiger partial charge on any atom is 0.313 e. The largest absolute Gasteiger partial charge is 0.455 e. The minimum absolute atomic E-state index is 0.0314. The number of aliphatic hydroxyl groups excluding tert-OH is 1. The highest BCUT2D eigenvalue weighted by Gasteiger charge is 2.77. The van der Waals surface area contributed by atoms with E-state index in [9.17, 15) is 24.3 Å². The molecule has 1 unspecified atom stereocenters. The zero-order valence-corrected chi connectivity index (χ0v) is 27.7. The zero-order chi connectivity index (χ0) is 32.6. The molecule has 3 heterocycles. The fourth-order valence-corrected chi connectivity index (χ4v) is 7.87. The third-order valence-corrected chi connectivity index (χ3v) is 9.88. The van der Waals surface area contributed by atoms with E-state index in [1.165, 1.54) is 0 Å². The van der Waals surface area contributed by atoms with Crippen molar-refractivity contribution in [2.75, 3.05) is 32.8 Å². The standard InChI is InChI=1S/C34H46BrN3O7/c1-4-7-16-26(40)36-22-25(23-14-10-9-11-15-23)44-33(43)27-28-31(41)38(19-12-13-20-39)30(34(28)21-24(35)29(27)45-34)32(42)37(17-6-3)18-8-5-2/h4,6,9-11,14-15,24-25,27-30,39H,1,3,5,7-8,12-13,16-22H2,2H3,(H,36,40)/t24?,25-,27-,28+,29-,30-,34+/m0/s1. The number of esters is 1. The Morgan fingerprint density at radius 2 is 1.98 bits per heavy atom. The van der Waals surface area contributed by atoms with Crippen molar-refractivity contribution >= 4 is 39.6 Å². The molecule has 1 aromatic rings. The van der Waals surface area contributed by atoms with E-state index in [1.54, 1.807) is 22.0 Å². The Bertz CT molecular complexity index is 1230. The Kier molecular flexibility index (Phi) is 12.4. The van der Waals surface area contributed by atoms with Gasteiger partial charge in [-0.05, 0) is 37.7 Å². The second-order valence-electron chi connectivity index (χ2n) is 12.0. The fraction of sp³-hybridized carbons (Fsp3) is 0.588. The molecule has 0 saturated carbocycles. The highest BCUT2D eigenvalue weighted by Crippen LogP contribution is 2.60. The third-order valence-electron chi connectivity index (χ3n) is 9.04. The number of ether oxygens (including phenoxy) is 2. The van der Waals surface area contributed by atoms with Crippen molar-refractivity contribution in [1.82, 2.24) is 15.1 Å². The number of fused-ring (bicyclic) bond motifs is 1. The van der Waals surface area contributed by atoms with E-state index in [4.69, 9.17) is 9.47 Å². The summed E-state index contributed by atoms with van der Waals surface area (Å²) >= 11 is 3.71. The predicted molar refractivity (Wildman–Crippen MR) is 173 cm³/mol. The van der Waals surface area contributed by atoms with Crippen LogP contribution >= 0.6 is 15.9 Å². The molecule has 10 nitrogen and oxygen atoms in total. The number of rotatable bonds is 18. The van der Waals surface area contributed by atoms with E-state index in [2.05, 4.69) is 34.4 Å². The number of benzene rings is 1. The van der Waals surface area contributed by atoms with Crippen molar-refractivity contribution in [3.05, 3.63) is 61.2 Å². The normalized spacial score (nSPS) is 27.1. The van der Waals surface area contributed by atoms with Crippen molar-refractivity contribution in [2.45, 2.75) is 80.5 Å². The molecule has 7 atom stereocenters. The van der Waals surface area contributed by atoms with Gasteiger partial charge in [0.15, 0.2) is 0 Å². The number of alkyl halides is 1. The van der Waals surface area contributed by atoms with Crippen LogP contribution in [0.5, 0.6) is 0 Å². The van der Waals surface area contributed by atoms with E-state index >= 15 is 0 Å². The van der Waals surface area contributed by atoms with Gasteiger partial charge in [0.25, 0.3) is 0 Å². The molecule has 3 fully saturated rings. The number of nitrogens with one attached hydrogen (secondary N) is 1. The van der Waals surface area contributed by atoms with Crippen LogP contribution in [-0.4, -0.2) is 94.0 Å². The summed E-state index contributed by atoms with van der Waals surface area (Å²) < 4.78 is 12.7. The average molecular weight is 689 g/mol. The molecule has 0 aromatic heterocycles. The number of allylic oxidation sites excluding steroid dienone is 1. The Balaban J connectivity index is 1.64. The quantitative estimate of drug-likeness (QED) is 0.104. The van der Waals surface area contributed by atoms with Crippen LogP contribution in [0, 0.1) is 11.8 Å². The van der Waals surface area contributed by atoms with Gasteiger partial charge in [-0.3, -0.25) is 19.2 Å². The smallest absolute Gasteiger partial charge is 0.313 e. The molecule has 3 amide bonds. The lowest BCUT2D eigenvalue weighted by Crippen LogP contribution is -2.57. The zero-order valence-electron chi connectivity index (χ0n) is 26.1. The van der Waals surface area contributed by atoms with Crippen LogP contribution < -0.4 is 5.32 Å². The Morgan fingerprint density at radius 3 is 2.64 bits per heavy atom.